The number of carbonyl (C=O) groups excluding carboxylic acids is 1. The lowest BCUT2D eigenvalue weighted by Gasteiger charge is -2.34. The lowest BCUT2D eigenvalue weighted by Crippen LogP contribution is -2.48. The van der Waals surface area contributed by atoms with E-state index >= 15 is 0 Å². The number of nitrogens with one attached hydrogen (secondary N) is 1. The molecule has 128 valence electrons. The lowest BCUT2D eigenvalue weighted by atomic mass is 9.99. The summed E-state index contributed by atoms with van der Waals surface area (Å²) in [6.07, 6.45) is 0.683. The molecular formula is C17H25FN2O3. The number of likely N-dealkylation sites (tertiary alicyclic amines) is 1. The maximum Gasteiger partial charge on any atom is 0.409 e. The van der Waals surface area contributed by atoms with Crippen LogP contribution in [-0.4, -0.2) is 47.9 Å². The molecule has 1 fully saturated rings. The molecule has 1 aliphatic rings. The number of piperidine rings is 1. The number of halogens is 1. The van der Waals surface area contributed by atoms with Crippen LogP contribution in [0, 0.1) is 5.82 Å². The van der Waals surface area contributed by atoms with Gasteiger partial charge in [-0.3, -0.25) is 0 Å². The highest BCUT2D eigenvalue weighted by molar-refractivity contribution is 5.67. The molecule has 1 amide bonds. The van der Waals surface area contributed by atoms with E-state index in [9.17, 15) is 14.3 Å². The van der Waals surface area contributed by atoms with E-state index in [0.717, 1.165) is 12.8 Å². The fraction of sp³-hybridized carbons (Fsp3) is 0.588. The first-order valence-electron chi connectivity index (χ1n) is 8.12. The Balaban J connectivity index is 1.81. The van der Waals surface area contributed by atoms with Crippen molar-refractivity contribution in [3.8, 4) is 0 Å². The summed E-state index contributed by atoms with van der Waals surface area (Å²) in [6, 6.07) is 5.99. The molecule has 1 aromatic carbocycles. The summed E-state index contributed by atoms with van der Waals surface area (Å²) in [7, 11) is 0. The third-order valence-electron chi connectivity index (χ3n) is 4.20. The third-order valence-corrected chi connectivity index (χ3v) is 4.20. The van der Waals surface area contributed by atoms with Crippen LogP contribution in [0.2, 0.25) is 0 Å². The highest BCUT2D eigenvalue weighted by atomic mass is 19.1. The zero-order valence-electron chi connectivity index (χ0n) is 13.7. The molecule has 0 unspecified atom stereocenters. The number of aliphatic hydroxyl groups is 1. The maximum atomic E-state index is 12.9. The van der Waals surface area contributed by atoms with Crippen LogP contribution in [0.5, 0.6) is 0 Å². The molecule has 5 nitrogen and oxygen atoms in total. The topological polar surface area (TPSA) is 61.8 Å². The van der Waals surface area contributed by atoms with Gasteiger partial charge in [-0.05, 0) is 44.4 Å². The minimum atomic E-state index is -0.696. The number of aliphatic hydroxyl groups excluding tert-OH is 1. The zero-order chi connectivity index (χ0) is 16.8. The molecule has 0 bridgehead atoms. The van der Waals surface area contributed by atoms with E-state index in [-0.39, 0.29) is 24.0 Å². The van der Waals surface area contributed by atoms with Gasteiger partial charge in [-0.15, -0.1) is 0 Å². The molecule has 0 aliphatic carbocycles. The van der Waals surface area contributed by atoms with Crippen LogP contribution in [0.4, 0.5) is 9.18 Å². The van der Waals surface area contributed by atoms with Gasteiger partial charge in [-0.25, -0.2) is 9.18 Å². The number of benzene rings is 1. The fourth-order valence-corrected chi connectivity index (χ4v) is 2.86. The number of hydrogen-bond donors (Lipinski definition) is 2. The summed E-state index contributed by atoms with van der Waals surface area (Å²) < 4.78 is 17.9. The molecule has 23 heavy (non-hydrogen) atoms. The highest BCUT2D eigenvalue weighted by Crippen LogP contribution is 2.19. The fourth-order valence-electron chi connectivity index (χ4n) is 2.86. The molecule has 0 saturated carbocycles. The highest BCUT2D eigenvalue weighted by Gasteiger charge is 2.26. The van der Waals surface area contributed by atoms with Crippen molar-refractivity contribution in [1.82, 2.24) is 10.2 Å². The van der Waals surface area contributed by atoms with E-state index in [0.29, 0.717) is 25.3 Å². The monoisotopic (exact) mass is 324 g/mol. The number of amides is 1. The van der Waals surface area contributed by atoms with Gasteiger partial charge in [0.15, 0.2) is 0 Å². The second-order valence-corrected chi connectivity index (χ2v) is 5.91. The van der Waals surface area contributed by atoms with Crippen LogP contribution in [0.3, 0.4) is 0 Å². The number of ether oxygens (including phenoxy) is 1. The smallest absolute Gasteiger partial charge is 0.409 e. The quantitative estimate of drug-likeness (QED) is 0.873. The van der Waals surface area contributed by atoms with Crippen molar-refractivity contribution in [2.75, 3.05) is 19.7 Å². The van der Waals surface area contributed by atoms with Crippen molar-refractivity contribution in [2.45, 2.75) is 44.9 Å². The van der Waals surface area contributed by atoms with Gasteiger partial charge in [0.1, 0.15) is 5.82 Å². The zero-order valence-corrected chi connectivity index (χ0v) is 13.7. The van der Waals surface area contributed by atoms with Gasteiger partial charge in [0.25, 0.3) is 0 Å². The average molecular weight is 324 g/mol. The summed E-state index contributed by atoms with van der Waals surface area (Å²) in [5.41, 5.74) is 0.690. The van der Waals surface area contributed by atoms with Gasteiger partial charge < -0.3 is 20.1 Å². The minimum absolute atomic E-state index is 0.153. The Labute approximate surface area is 136 Å². The van der Waals surface area contributed by atoms with Crippen LogP contribution in [0.25, 0.3) is 0 Å². The van der Waals surface area contributed by atoms with Gasteiger partial charge in [0.2, 0.25) is 0 Å². The Morgan fingerprint density at radius 2 is 2.00 bits per heavy atom. The van der Waals surface area contributed by atoms with Crippen molar-refractivity contribution < 1.29 is 19.0 Å². The van der Waals surface area contributed by atoms with Gasteiger partial charge in [-0.2, -0.15) is 0 Å². The second kappa shape index (κ2) is 8.26. The van der Waals surface area contributed by atoms with Gasteiger partial charge in [0.05, 0.1) is 12.7 Å². The van der Waals surface area contributed by atoms with Crippen LogP contribution in [-0.2, 0) is 4.74 Å². The van der Waals surface area contributed by atoms with Crippen LogP contribution >= 0.6 is 0 Å². The van der Waals surface area contributed by atoms with Crippen molar-refractivity contribution in [1.29, 1.82) is 0 Å². The molecule has 1 saturated heterocycles. The molecular weight excluding hydrogens is 299 g/mol. The maximum absolute atomic E-state index is 12.9. The lowest BCUT2D eigenvalue weighted by molar-refractivity contribution is 0.0872. The van der Waals surface area contributed by atoms with Gasteiger partial charge in [-0.1, -0.05) is 12.1 Å². The van der Waals surface area contributed by atoms with Crippen molar-refractivity contribution in [2.24, 2.45) is 0 Å². The van der Waals surface area contributed by atoms with Crippen LogP contribution in [0.1, 0.15) is 38.4 Å². The number of carbonyl (C=O) groups is 1. The summed E-state index contributed by atoms with van der Waals surface area (Å²) in [4.78, 5) is 13.4. The molecule has 1 heterocycles. The first kappa shape index (κ1) is 17.7. The van der Waals surface area contributed by atoms with E-state index in [1.807, 2.05) is 6.92 Å². The predicted molar refractivity (Wildman–Crippen MR) is 85.6 cm³/mol. The Kier molecular flexibility index (Phi) is 6.36. The molecule has 0 aromatic heterocycles. The van der Waals surface area contributed by atoms with E-state index in [4.69, 9.17) is 4.74 Å². The molecule has 0 spiro atoms. The normalized spacial score (nSPS) is 18.5. The summed E-state index contributed by atoms with van der Waals surface area (Å²) in [6.45, 7) is 5.39. The second-order valence-electron chi connectivity index (χ2n) is 5.91. The van der Waals surface area contributed by atoms with Crippen molar-refractivity contribution >= 4 is 6.09 Å². The summed E-state index contributed by atoms with van der Waals surface area (Å²) >= 11 is 0. The molecule has 0 radical (unpaired) electrons. The van der Waals surface area contributed by atoms with Crippen LogP contribution in [0.15, 0.2) is 24.3 Å². The number of rotatable bonds is 5. The Bertz CT molecular complexity index is 501. The number of hydrogen-bond acceptors (Lipinski definition) is 4. The van der Waals surface area contributed by atoms with E-state index in [1.54, 1.807) is 24.0 Å². The molecule has 1 aliphatic heterocycles. The van der Waals surface area contributed by atoms with Crippen LogP contribution < -0.4 is 5.32 Å². The van der Waals surface area contributed by atoms with E-state index < -0.39 is 6.10 Å². The Morgan fingerprint density at radius 3 is 2.57 bits per heavy atom. The summed E-state index contributed by atoms with van der Waals surface area (Å²) in [5.74, 6) is -0.312. The standard InChI is InChI=1S/C17H25FN2O3/c1-3-23-17(22)20-10-8-15(9-11-20)19-12(2)16(21)13-4-6-14(18)7-5-13/h4-7,12,15-16,19,21H,3,8-11H2,1-2H3/t12-,16-/m1/s1. The first-order valence-corrected chi connectivity index (χ1v) is 8.12. The predicted octanol–water partition coefficient (Wildman–Crippen LogP) is 2.46. The van der Waals surface area contributed by atoms with Crippen molar-refractivity contribution in [3.05, 3.63) is 35.6 Å². The Morgan fingerprint density at radius 1 is 1.39 bits per heavy atom. The van der Waals surface area contributed by atoms with Gasteiger partial charge >= 0.3 is 6.09 Å². The third kappa shape index (κ3) is 4.91. The molecule has 2 atom stereocenters. The average Bonchev–Trinajstić information content (AvgIpc) is 2.55. The molecule has 6 heteroatoms. The minimum Gasteiger partial charge on any atom is -0.450 e. The van der Waals surface area contributed by atoms with E-state index in [1.165, 1.54) is 12.1 Å². The molecule has 2 N–H and O–H groups in total. The summed E-state index contributed by atoms with van der Waals surface area (Å²) in [5, 5.41) is 13.8. The largest absolute Gasteiger partial charge is 0.450 e. The number of nitrogens with zero attached hydrogens (tertiary/aromatic N) is 1. The molecule has 2 rings (SSSR count). The SMILES string of the molecule is CCOC(=O)N1CCC(N[C@H](C)[C@@H](O)c2ccc(F)cc2)CC1. The first-order chi connectivity index (χ1) is 11.0. The van der Waals surface area contributed by atoms with E-state index in [2.05, 4.69) is 5.32 Å². The van der Waals surface area contributed by atoms with Gasteiger partial charge in [0, 0.05) is 25.2 Å². The molecule has 1 aromatic rings. The van der Waals surface area contributed by atoms with Crippen molar-refractivity contribution in [3.63, 3.8) is 0 Å². The Hall–Kier alpha value is -1.66.